The van der Waals surface area contributed by atoms with E-state index < -0.39 is 11.8 Å². The van der Waals surface area contributed by atoms with E-state index in [4.69, 9.17) is 4.74 Å². The van der Waals surface area contributed by atoms with E-state index in [2.05, 4.69) is 20.9 Å². The molecule has 1 heterocycles. The van der Waals surface area contributed by atoms with Gasteiger partial charge in [0.2, 0.25) is 0 Å². The highest BCUT2D eigenvalue weighted by atomic mass is 79.9. The molecule has 1 N–H and O–H groups in total. The molecule has 0 aliphatic carbocycles. The van der Waals surface area contributed by atoms with E-state index >= 15 is 0 Å². The molecule has 0 amide bonds. The van der Waals surface area contributed by atoms with Crippen molar-refractivity contribution < 1.29 is 19.4 Å². The molecule has 108 valence electrons. The van der Waals surface area contributed by atoms with Crippen molar-refractivity contribution in [3.8, 4) is 5.75 Å². The Morgan fingerprint density at radius 1 is 1.24 bits per heavy atom. The average Bonchev–Trinajstić information content (AvgIpc) is 2.49. The molecule has 0 radical (unpaired) electrons. The lowest BCUT2D eigenvalue weighted by atomic mass is 10.0. The number of pyridine rings is 1. The van der Waals surface area contributed by atoms with Crippen molar-refractivity contribution in [2.24, 2.45) is 0 Å². The molecule has 2 aromatic rings. The van der Waals surface area contributed by atoms with Crippen molar-refractivity contribution in [2.45, 2.75) is 6.92 Å². The van der Waals surface area contributed by atoms with Crippen LogP contribution >= 0.6 is 15.9 Å². The molecule has 0 spiro atoms. The average molecular weight is 350 g/mol. The summed E-state index contributed by atoms with van der Waals surface area (Å²) in [4.78, 5) is 27.9. The fourth-order valence-electron chi connectivity index (χ4n) is 1.74. The second kappa shape index (κ2) is 6.49. The third kappa shape index (κ3) is 3.46. The smallest absolute Gasteiger partial charge is 0.339 e. The number of nitrogens with zero attached hydrogens (tertiary/aromatic N) is 1. The summed E-state index contributed by atoms with van der Waals surface area (Å²) < 4.78 is 5.53. The number of ketones is 1. The van der Waals surface area contributed by atoms with Crippen LogP contribution in [0.2, 0.25) is 0 Å². The number of ether oxygens (including phenoxy) is 1. The summed E-state index contributed by atoms with van der Waals surface area (Å²) in [5, 5.41) is 9.78. The molecule has 0 aliphatic heterocycles. The van der Waals surface area contributed by atoms with Crippen molar-refractivity contribution in [1.29, 1.82) is 0 Å². The minimum absolute atomic E-state index is 0.132. The number of aromatic nitrogens is 1. The lowest BCUT2D eigenvalue weighted by Crippen LogP contribution is -2.08. The Bertz CT molecular complexity index is 700. The molecule has 0 fully saturated rings. The van der Waals surface area contributed by atoms with E-state index in [0.29, 0.717) is 4.47 Å². The fourth-order valence-corrected chi connectivity index (χ4v) is 2.10. The van der Waals surface area contributed by atoms with Gasteiger partial charge in [-0.3, -0.25) is 9.78 Å². The summed E-state index contributed by atoms with van der Waals surface area (Å²) in [6, 6.07) is 5.95. The minimum atomic E-state index is -0.543. The quantitative estimate of drug-likeness (QED) is 0.678. The molecule has 0 saturated heterocycles. The SMILES string of the molecule is CCOC(=O)c1cncc(C(=O)c2cc(Br)ccc2O)c1. The van der Waals surface area contributed by atoms with Gasteiger partial charge in [0.05, 0.1) is 17.7 Å². The van der Waals surface area contributed by atoms with Gasteiger partial charge in [0, 0.05) is 22.4 Å². The second-order valence-electron chi connectivity index (χ2n) is 4.17. The molecule has 2 rings (SSSR count). The van der Waals surface area contributed by atoms with E-state index in [-0.39, 0.29) is 29.0 Å². The first-order chi connectivity index (χ1) is 10.0. The number of esters is 1. The Morgan fingerprint density at radius 2 is 1.95 bits per heavy atom. The number of carbonyl (C=O) groups excluding carboxylic acids is 2. The van der Waals surface area contributed by atoms with Gasteiger partial charge in [-0.05, 0) is 31.2 Å². The van der Waals surface area contributed by atoms with E-state index in [1.165, 1.54) is 30.6 Å². The fraction of sp³-hybridized carbons (Fsp3) is 0.133. The van der Waals surface area contributed by atoms with E-state index in [0.717, 1.165) is 0 Å². The normalized spacial score (nSPS) is 10.2. The molecule has 6 heteroatoms. The minimum Gasteiger partial charge on any atom is -0.507 e. The topological polar surface area (TPSA) is 76.5 Å². The van der Waals surface area contributed by atoms with Gasteiger partial charge in [-0.1, -0.05) is 15.9 Å². The van der Waals surface area contributed by atoms with Crippen molar-refractivity contribution in [1.82, 2.24) is 4.98 Å². The Balaban J connectivity index is 2.38. The molecule has 1 aromatic heterocycles. The van der Waals surface area contributed by atoms with Gasteiger partial charge in [-0.2, -0.15) is 0 Å². The lowest BCUT2D eigenvalue weighted by molar-refractivity contribution is 0.0526. The number of hydrogen-bond donors (Lipinski definition) is 1. The maximum absolute atomic E-state index is 12.4. The Labute approximate surface area is 129 Å². The van der Waals surface area contributed by atoms with Crippen molar-refractivity contribution in [3.05, 3.63) is 57.8 Å². The van der Waals surface area contributed by atoms with Gasteiger partial charge in [-0.25, -0.2) is 4.79 Å². The summed E-state index contributed by atoms with van der Waals surface area (Å²) in [6.07, 6.45) is 2.67. The first-order valence-corrected chi connectivity index (χ1v) is 6.97. The van der Waals surface area contributed by atoms with Crippen LogP contribution in [-0.2, 0) is 4.74 Å². The summed E-state index contributed by atoms with van der Waals surface area (Å²) >= 11 is 3.24. The zero-order valence-electron chi connectivity index (χ0n) is 11.2. The predicted molar refractivity (Wildman–Crippen MR) is 79.4 cm³/mol. The molecule has 0 atom stereocenters. The number of benzene rings is 1. The Kier molecular flexibility index (Phi) is 4.70. The monoisotopic (exact) mass is 349 g/mol. The Morgan fingerprint density at radius 3 is 2.67 bits per heavy atom. The van der Waals surface area contributed by atoms with Crippen LogP contribution in [0.3, 0.4) is 0 Å². The third-order valence-corrected chi connectivity index (χ3v) is 3.21. The number of hydrogen-bond acceptors (Lipinski definition) is 5. The van der Waals surface area contributed by atoms with E-state index in [1.54, 1.807) is 13.0 Å². The van der Waals surface area contributed by atoms with Crippen LogP contribution in [0, 0.1) is 0 Å². The van der Waals surface area contributed by atoms with Gasteiger partial charge in [0.15, 0.2) is 5.78 Å². The number of aromatic hydroxyl groups is 1. The van der Waals surface area contributed by atoms with Crippen LogP contribution in [0.5, 0.6) is 5.75 Å². The maximum atomic E-state index is 12.4. The Hall–Kier alpha value is -2.21. The van der Waals surface area contributed by atoms with Gasteiger partial charge in [0.1, 0.15) is 5.75 Å². The molecular weight excluding hydrogens is 338 g/mol. The van der Waals surface area contributed by atoms with Gasteiger partial charge in [0.25, 0.3) is 0 Å². The molecule has 0 aliphatic rings. The number of rotatable bonds is 4. The highest BCUT2D eigenvalue weighted by Crippen LogP contribution is 2.24. The highest BCUT2D eigenvalue weighted by molar-refractivity contribution is 9.10. The molecule has 0 unspecified atom stereocenters. The lowest BCUT2D eigenvalue weighted by Gasteiger charge is -2.06. The molecule has 0 saturated carbocycles. The number of carbonyl (C=O) groups is 2. The highest BCUT2D eigenvalue weighted by Gasteiger charge is 2.16. The zero-order chi connectivity index (χ0) is 15.4. The summed E-state index contributed by atoms with van der Waals surface area (Å²) in [7, 11) is 0. The third-order valence-electron chi connectivity index (χ3n) is 2.71. The maximum Gasteiger partial charge on any atom is 0.339 e. The number of phenolic OH excluding ortho intramolecular Hbond substituents is 1. The summed E-state index contributed by atoms with van der Waals surface area (Å²) in [6.45, 7) is 1.93. The van der Waals surface area contributed by atoms with Crippen LogP contribution in [-0.4, -0.2) is 28.4 Å². The first kappa shape index (κ1) is 15.2. The zero-order valence-corrected chi connectivity index (χ0v) is 12.8. The van der Waals surface area contributed by atoms with Gasteiger partial charge in [-0.15, -0.1) is 0 Å². The van der Waals surface area contributed by atoms with Gasteiger partial charge >= 0.3 is 5.97 Å². The van der Waals surface area contributed by atoms with Crippen LogP contribution in [0.4, 0.5) is 0 Å². The summed E-state index contributed by atoms with van der Waals surface area (Å²) in [5.41, 5.74) is 0.526. The van der Waals surface area contributed by atoms with Crippen LogP contribution in [0.1, 0.15) is 33.2 Å². The second-order valence-corrected chi connectivity index (χ2v) is 5.09. The largest absolute Gasteiger partial charge is 0.507 e. The standard InChI is InChI=1S/C15H12BrNO4/c1-2-21-15(20)10-5-9(7-17-8-10)14(19)12-6-11(16)3-4-13(12)18/h3-8,18H,2H2,1H3. The van der Waals surface area contributed by atoms with Crippen LogP contribution in [0.15, 0.2) is 41.1 Å². The van der Waals surface area contributed by atoms with Crippen molar-refractivity contribution in [3.63, 3.8) is 0 Å². The number of halogens is 1. The number of phenols is 1. The van der Waals surface area contributed by atoms with Gasteiger partial charge < -0.3 is 9.84 Å². The molecule has 1 aromatic carbocycles. The first-order valence-electron chi connectivity index (χ1n) is 6.18. The molecular formula is C15H12BrNO4. The van der Waals surface area contributed by atoms with Crippen LogP contribution in [0.25, 0.3) is 0 Å². The molecule has 5 nitrogen and oxygen atoms in total. The van der Waals surface area contributed by atoms with Crippen molar-refractivity contribution in [2.75, 3.05) is 6.61 Å². The molecule has 21 heavy (non-hydrogen) atoms. The van der Waals surface area contributed by atoms with E-state index in [1.807, 2.05) is 0 Å². The van der Waals surface area contributed by atoms with E-state index in [9.17, 15) is 14.7 Å². The van der Waals surface area contributed by atoms with Crippen LogP contribution < -0.4 is 0 Å². The van der Waals surface area contributed by atoms with Crippen molar-refractivity contribution >= 4 is 27.7 Å². The predicted octanol–water partition coefficient (Wildman–Crippen LogP) is 2.96. The molecule has 0 bridgehead atoms. The summed E-state index contributed by atoms with van der Waals surface area (Å²) in [5.74, 6) is -1.10.